The molecule has 4 nitrogen and oxygen atoms in total. The molecule has 0 aromatic heterocycles. The van der Waals surface area contributed by atoms with Gasteiger partial charge in [0.2, 0.25) is 0 Å². The minimum absolute atomic E-state index is 0.199. The molecule has 2 rings (SSSR count). The van der Waals surface area contributed by atoms with Crippen LogP contribution in [0.25, 0.3) is 0 Å². The standard InChI is InChI=1S/C16H13Cl2NO3/c1-2-22-16(21)10-6-8-11(9-7-10)19-15(20)12-4-3-5-13(17)14(12)18/h3-9H,2H2,1H3,(H,19,20). The third-order valence-electron chi connectivity index (χ3n) is 2.85. The fourth-order valence-electron chi connectivity index (χ4n) is 1.78. The fraction of sp³-hybridized carbons (Fsp3) is 0.125. The van der Waals surface area contributed by atoms with Crippen LogP contribution in [-0.2, 0) is 4.74 Å². The Morgan fingerprint density at radius 2 is 1.77 bits per heavy atom. The second kappa shape index (κ2) is 7.29. The van der Waals surface area contributed by atoms with Crippen LogP contribution < -0.4 is 5.32 Å². The van der Waals surface area contributed by atoms with E-state index in [0.717, 1.165) is 0 Å². The van der Waals surface area contributed by atoms with E-state index in [-0.39, 0.29) is 16.5 Å². The van der Waals surface area contributed by atoms with Crippen LogP contribution in [0.5, 0.6) is 0 Å². The van der Waals surface area contributed by atoms with E-state index < -0.39 is 5.97 Å². The molecular weight excluding hydrogens is 325 g/mol. The molecule has 0 aliphatic heterocycles. The zero-order valence-electron chi connectivity index (χ0n) is 11.7. The highest BCUT2D eigenvalue weighted by atomic mass is 35.5. The van der Waals surface area contributed by atoms with Gasteiger partial charge < -0.3 is 10.1 Å². The van der Waals surface area contributed by atoms with E-state index >= 15 is 0 Å². The second-order valence-electron chi connectivity index (χ2n) is 4.35. The summed E-state index contributed by atoms with van der Waals surface area (Å²) in [6.45, 7) is 2.05. The summed E-state index contributed by atoms with van der Waals surface area (Å²) >= 11 is 11.9. The van der Waals surface area contributed by atoms with Crippen molar-refractivity contribution in [3.8, 4) is 0 Å². The summed E-state index contributed by atoms with van der Waals surface area (Å²) < 4.78 is 4.89. The predicted molar refractivity (Wildman–Crippen MR) is 86.8 cm³/mol. The van der Waals surface area contributed by atoms with Gasteiger partial charge in [-0.15, -0.1) is 0 Å². The van der Waals surface area contributed by atoms with Gasteiger partial charge in [-0.2, -0.15) is 0 Å². The number of halogens is 2. The van der Waals surface area contributed by atoms with E-state index in [0.29, 0.717) is 22.9 Å². The average molecular weight is 338 g/mol. The van der Waals surface area contributed by atoms with Crippen molar-refractivity contribution in [3.63, 3.8) is 0 Å². The van der Waals surface area contributed by atoms with E-state index in [9.17, 15) is 9.59 Å². The van der Waals surface area contributed by atoms with Crippen molar-refractivity contribution in [2.45, 2.75) is 6.92 Å². The molecule has 0 aliphatic rings. The highest BCUT2D eigenvalue weighted by molar-refractivity contribution is 6.44. The smallest absolute Gasteiger partial charge is 0.338 e. The number of hydrogen-bond donors (Lipinski definition) is 1. The van der Waals surface area contributed by atoms with E-state index in [1.54, 1.807) is 49.4 Å². The van der Waals surface area contributed by atoms with Gasteiger partial charge in [-0.3, -0.25) is 4.79 Å². The molecule has 0 spiro atoms. The number of nitrogens with one attached hydrogen (secondary N) is 1. The number of hydrogen-bond acceptors (Lipinski definition) is 3. The first kappa shape index (κ1) is 16.3. The van der Waals surface area contributed by atoms with Gasteiger partial charge in [-0.05, 0) is 43.3 Å². The van der Waals surface area contributed by atoms with Crippen LogP contribution in [-0.4, -0.2) is 18.5 Å². The third-order valence-corrected chi connectivity index (χ3v) is 3.67. The number of esters is 1. The van der Waals surface area contributed by atoms with Crippen molar-refractivity contribution in [2.75, 3.05) is 11.9 Å². The minimum Gasteiger partial charge on any atom is -0.462 e. The quantitative estimate of drug-likeness (QED) is 0.840. The Kier molecular flexibility index (Phi) is 5.41. The Morgan fingerprint density at radius 1 is 1.09 bits per heavy atom. The highest BCUT2D eigenvalue weighted by Crippen LogP contribution is 2.26. The molecule has 6 heteroatoms. The van der Waals surface area contributed by atoms with Gasteiger partial charge >= 0.3 is 5.97 Å². The first-order valence-electron chi connectivity index (χ1n) is 6.55. The molecule has 22 heavy (non-hydrogen) atoms. The third kappa shape index (κ3) is 3.78. The number of carbonyl (C=O) groups is 2. The molecular formula is C16H13Cl2NO3. The molecule has 0 saturated heterocycles. The molecule has 1 amide bonds. The lowest BCUT2D eigenvalue weighted by atomic mass is 10.2. The summed E-state index contributed by atoms with van der Waals surface area (Å²) in [6.07, 6.45) is 0. The van der Waals surface area contributed by atoms with E-state index in [1.807, 2.05) is 0 Å². The molecule has 0 aliphatic carbocycles. The topological polar surface area (TPSA) is 55.4 Å². The van der Waals surface area contributed by atoms with Crippen molar-refractivity contribution < 1.29 is 14.3 Å². The Bertz CT molecular complexity index is 699. The molecule has 0 unspecified atom stereocenters. The maximum atomic E-state index is 12.2. The molecule has 0 atom stereocenters. The molecule has 0 heterocycles. The Labute approximate surface area is 138 Å². The van der Waals surface area contributed by atoms with E-state index in [2.05, 4.69) is 5.32 Å². The van der Waals surface area contributed by atoms with Crippen molar-refractivity contribution in [3.05, 3.63) is 63.6 Å². The molecule has 114 valence electrons. The van der Waals surface area contributed by atoms with Gasteiger partial charge in [0, 0.05) is 5.69 Å². The Hall–Kier alpha value is -2.04. The molecule has 1 N–H and O–H groups in total. The monoisotopic (exact) mass is 337 g/mol. The molecule has 0 fully saturated rings. The lowest BCUT2D eigenvalue weighted by molar-refractivity contribution is 0.0526. The fourth-order valence-corrected chi connectivity index (χ4v) is 2.17. The number of amides is 1. The van der Waals surface area contributed by atoms with Gasteiger partial charge in [0.1, 0.15) is 0 Å². The van der Waals surface area contributed by atoms with Crippen molar-refractivity contribution >= 4 is 40.8 Å². The van der Waals surface area contributed by atoms with E-state index in [4.69, 9.17) is 27.9 Å². The molecule has 0 bridgehead atoms. The number of carbonyl (C=O) groups excluding carboxylic acids is 2. The van der Waals surface area contributed by atoms with Crippen LogP contribution in [0.3, 0.4) is 0 Å². The predicted octanol–water partition coefficient (Wildman–Crippen LogP) is 4.42. The maximum absolute atomic E-state index is 12.2. The van der Waals surface area contributed by atoms with Gasteiger partial charge in [0.05, 0.1) is 27.8 Å². The van der Waals surface area contributed by atoms with Crippen LogP contribution in [0.15, 0.2) is 42.5 Å². The second-order valence-corrected chi connectivity index (χ2v) is 5.14. The molecule has 2 aromatic rings. The lowest BCUT2D eigenvalue weighted by Gasteiger charge is -2.08. The zero-order valence-corrected chi connectivity index (χ0v) is 13.2. The molecule has 0 radical (unpaired) electrons. The normalized spacial score (nSPS) is 10.1. The Morgan fingerprint density at radius 3 is 2.41 bits per heavy atom. The van der Waals surface area contributed by atoms with Gasteiger partial charge in [0.15, 0.2) is 0 Å². The van der Waals surface area contributed by atoms with Gasteiger partial charge in [-0.1, -0.05) is 29.3 Å². The summed E-state index contributed by atoms with van der Waals surface area (Å²) in [5, 5.41) is 3.20. The minimum atomic E-state index is -0.404. The average Bonchev–Trinajstić information content (AvgIpc) is 2.51. The molecule has 2 aromatic carbocycles. The number of ether oxygens (including phenoxy) is 1. The first-order chi connectivity index (χ1) is 10.5. The SMILES string of the molecule is CCOC(=O)c1ccc(NC(=O)c2cccc(Cl)c2Cl)cc1. The highest BCUT2D eigenvalue weighted by Gasteiger charge is 2.13. The summed E-state index contributed by atoms with van der Waals surface area (Å²) in [4.78, 5) is 23.7. The largest absolute Gasteiger partial charge is 0.462 e. The number of benzene rings is 2. The van der Waals surface area contributed by atoms with Crippen LogP contribution in [0.4, 0.5) is 5.69 Å². The number of anilines is 1. The van der Waals surface area contributed by atoms with Crippen molar-refractivity contribution in [1.29, 1.82) is 0 Å². The number of rotatable bonds is 4. The van der Waals surface area contributed by atoms with Gasteiger partial charge in [0.25, 0.3) is 5.91 Å². The summed E-state index contributed by atoms with van der Waals surface area (Å²) in [6, 6.07) is 11.2. The first-order valence-corrected chi connectivity index (χ1v) is 7.31. The van der Waals surface area contributed by atoms with E-state index in [1.165, 1.54) is 0 Å². The summed E-state index contributed by atoms with van der Waals surface area (Å²) in [5.74, 6) is -0.783. The van der Waals surface area contributed by atoms with Crippen molar-refractivity contribution in [1.82, 2.24) is 0 Å². The van der Waals surface area contributed by atoms with Crippen LogP contribution in [0, 0.1) is 0 Å². The van der Waals surface area contributed by atoms with Gasteiger partial charge in [-0.25, -0.2) is 4.79 Å². The van der Waals surface area contributed by atoms with Crippen molar-refractivity contribution in [2.24, 2.45) is 0 Å². The van der Waals surface area contributed by atoms with Crippen LogP contribution >= 0.6 is 23.2 Å². The summed E-state index contributed by atoms with van der Waals surface area (Å²) in [5.41, 5.74) is 1.23. The van der Waals surface area contributed by atoms with Crippen LogP contribution in [0.2, 0.25) is 10.0 Å². The maximum Gasteiger partial charge on any atom is 0.338 e. The zero-order chi connectivity index (χ0) is 16.1. The lowest BCUT2D eigenvalue weighted by Crippen LogP contribution is -2.13. The molecule has 0 saturated carbocycles. The van der Waals surface area contributed by atoms with Crippen LogP contribution in [0.1, 0.15) is 27.6 Å². The Balaban J connectivity index is 2.12. The summed E-state index contributed by atoms with van der Waals surface area (Å²) in [7, 11) is 0.